The summed E-state index contributed by atoms with van der Waals surface area (Å²) in [6.07, 6.45) is 9.37. The molecule has 5 aromatic rings. The molecule has 0 aliphatic carbocycles. The summed E-state index contributed by atoms with van der Waals surface area (Å²) in [4.78, 5) is 53.4. The number of thiophene rings is 1. The van der Waals surface area contributed by atoms with Crippen molar-refractivity contribution in [2.24, 2.45) is 5.73 Å². The quantitative estimate of drug-likeness (QED) is 0.0819. The molecule has 2 aliphatic rings. The number of carbonyl (C=O) groups excluding carboxylic acids is 2. The molecule has 2 aliphatic heterocycles. The third kappa shape index (κ3) is 12.6. The number of aryl methyl sites for hydroxylation is 2. The number of hydrogen-bond acceptors (Lipinski definition) is 14. The van der Waals surface area contributed by atoms with E-state index in [9.17, 15) is 19.5 Å². The van der Waals surface area contributed by atoms with Crippen molar-refractivity contribution in [3.05, 3.63) is 116 Å². The molecule has 2 atom stereocenters. The average molecular weight is 843 g/mol. The lowest BCUT2D eigenvalue weighted by molar-refractivity contribution is -0.142. The first-order valence-corrected chi connectivity index (χ1v) is 20.6. The molecule has 0 spiro atoms. The third-order valence-corrected chi connectivity index (χ3v) is 10.9. The van der Waals surface area contributed by atoms with E-state index >= 15 is 0 Å². The Labute approximate surface area is 351 Å². The minimum atomic E-state index is -1.15. The first-order chi connectivity index (χ1) is 28.6. The van der Waals surface area contributed by atoms with E-state index in [2.05, 4.69) is 58.8 Å². The number of ether oxygens (including phenoxy) is 3. The van der Waals surface area contributed by atoms with E-state index < -0.39 is 29.9 Å². The predicted molar refractivity (Wildman–Crippen MR) is 225 cm³/mol. The largest absolute Gasteiger partial charge is 0.492 e. The Morgan fingerprint density at radius 3 is 1.83 bits per heavy atom. The van der Waals surface area contributed by atoms with Gasteiger partial charge in [-0.25, -0.2) is 14.8 Å². The van der Waals surface area contributed by atoms with Crippen LogP contribution >= 0.6 is 22.9 Å². The third-order valence-electron chi connectivity index (χ3n) is 9.53. The smallest absolute Gasteiger partial charge is 0.326 e. The van der Waals surface area contributed by atoms with Crippen LogP contribution in [0.15, 0.2) is 72.4 Å². The number of carboxylic acids is 1. The zero-order valence-electron chi connectivity index (χ0n) is 32.6. The standard InChI is InChI=1S/C23H23ClN4O4S.C19H24N4O3/c24-18-8-11-33-20(18)22(29)28-19(23(30)31)12-16-5-6-17(13-26-16)32-10-7-15-4-3-14-2-1-9-25-21(14)27-15;1-25-19(24)17(20)11-15-6-7-16(12-22-15)26-10-8-14-5-4-13-3-2-9-21-18(13)23-14/h3-6,8,11,13,19H,1-2,7,9-10,12H2,(H,25,27)(H,28,29)(H,30,31);4-7,12,17H,2-3,8-11,20H2,1H3,(H,21,23)/t19-;17-/m00/s1. The van der Waals surface area contributed by atoms with Gasteiger partial charge < -0.3 is 41.0 Å². The van der Waals surface area contributed by atoms with Gasteiger partial charge in [-0.1, -0.05) is 23.7 Å². The summed E-state index contributed by atoms with van der Waals surface area (Å²) < 4.78 is 16.1. The van der Waals surface area contributed by atoms with Crippen LogP contribution in [-0.2, 0) is 52.9 Å². The number of aromatic nitrogens is 4. The Hall–Kier alpha value is -5.84. The molecule has 0 saturated carbocycles. The number of fused-ring (bicyclic) bond motifs is 2. The summed E-state index contributed by atoms with van der Waals surface area (Å²) in [5.41, 5.74) is 11.5. The molecule has 0 saturated heterocycles. The van der Waals surface area contributed by atoms with Crippen LogP contribution < -0.4 is 31.2 Å². The van der Waals surface area contributed by atoms with Crippen molar-refractivity contribution < 1.29 is 33.7 Å². The molecule has 0 fully saturated rings. The fraction of sp³-hybridized carbons (Fsp3) is 0.357. The van der Waals surface area contributed by atoms with E-state index in [-0.39, 0.29) is 11.3 Å². The van der Waals surface area contributed by atoms with Gasteiger partial charge >= 0.3 is 11.9 Å². The summed E-state index contributed by atoms with van der Waals surface area (Å²) in [7, 11) is 1.32. The van der Waals surface area contributed by atoms with Crippen LogP contribution in [0.25, 0.3) is 0 Å². The van der Waals surface area contributed by atoms with Gasteiger partial charge in [0.1, 0.15) is 40.1 Å². The molecule has 0 bridgehead atoms. The van der Waals surface area contributed by atoms with Crippen molar-refractivity contribution >= 4 is 52.4 Å². The van der Waals surface area contributed by atoms with Gasteiger partial charge in [-0.2, -0.15) is 0 Å². The Bertz CT molecular complexity index is 2190. The van der Waals surface area contributed by atoms with E-state index in [0.717, 1.165) is 85.2 Å². The predicted octanol–water partition coefficient (Wildman–Crippen LogP) is 5.10. The van der Waals surface area contributed by atoms with Gasteiger partial charge in [0.15, 0.2) is 0 Å². The van der Waals surface area contributed by atoms with Crippen LogP contribution in [0, 0.1) is 0 Å². The van der Waals surface area contributed by atoms with Gasteiger partial charge in [-0.05, 0) is 84.7 Å². The van der Waals surface area contributed by atoms with E-state index in [4.69, 9.17) is 26.8 Å². The van der Waals surface area contributed by atoms with Crippen LogP contribution in [0.5, 0.6) is 11.5 Å². The Kier molecular flexibility index (Phi) is 15.4. The minimum Gasteiger partial charge on any atom is -0.492 e. The molecular formula is C42H47ClN8O7S. The number of halogens is 1. The van der Waals surface area contributed by atoms with Crippen molar-refractivity contribution in [3.8, 4) is 11.5 Å². The maximum Gasteiger partial charge on any atom is 0.326 e. The number of nitrogens with zero attached hydrogens (tertiary/aromatic N) is 4. The number of nitrogens with one attached hydrogen (secondary N) is 3. The summed E-state index contributed by atoms with van der Waals surface area (Å²) in [5.74, 6) is 1.11. The molecule has 0 radical (unpaired) electrons. The molecule has 0 aromatic carbocycles. The number of hydrogen-bond donors (Lipinski definition) is 5. The maximum absolute atomic E-state index is 12.3. The molecule has 6 N–H and O–H groups in total. The summed E-state index contributed by atoms with van der Waals surface area (Å²) in [6.45, 7) is 2.90. The summed E-state index contributed by atoms with van der Waals surface area (Å²) in [6, 6.07) is 15.2. The monoisotopic (exact) mass is 842 g/mol. The van der Waals surface area contributed by atoms with Crippen molar-refractivity contribution in [1.82, 2.24) is 25.3 Å². The number of nitrogens with two attached hydrogens (primary N) is 1. The SMILES string of the molecule is COC(=O)[C@@H](N)Cc1ccc(OCCc2ccc3c(n2)NCCC3)cn1.O=C(N[C@@H](Cc1ccc(OCCc2ccc3c(n2)NCCC3)cn1)C(=O)O)c1sccc1Cl. The van der Waals surface area contributed by atoms with Gasteiger partial charge in [0.2, 0.25) is 0 Å². The molecular weight excluding hydrogens is 796 g/mol. The number of rotatable bonds is 16. The zero-order valence-corrected chi connectivity index (χ0v) is 34.2. The van der Waals surface area contributed by atoms with Gasteiger partial charge in [0, 0.05) is 61.5 Å². The van der Waals surface area contributed by atoms with Gasteiger partial charge in [0.05, 0.1) is 37.7 Å². The fourth-order valence-electron chi connectivity index (χ4n) is 6.35. The van der Waals surface area contributed by atoms with Crippen LogP contribution in [0.3, 0.4) is 0 Å². The number of carboxylic acid groups (broad SMARTS) is 1. The number of pyridine rings is 4. The van der Waals surface area contributed by atoms with Crippen LogP contribution in [0.2, 0.25) is 5.02 Å². The van der Waals surface area contributed by atoms with Gasteiger partial charge in [-0.3, -0.25) is 19.6 Å². The first-order valence-electron chi connectivity index (χ1n) is 19.4. The van der Waals surface area contributed by atoms with Crippen LogP contribution in [0.1, 0.15) is 56.4 Å². The number of anilines is 2. The molecule has 5 aromatic heterocycles. The van der Waals surface area contributed by atoms with Crippen molar-refractivity contribution in [3.63, 3.8) is 0 Å². The van der Waals surface area contributed by atoms with Gasteiger partial charge in [0.25, 0.3) is 5.91 Å². The lowest BCUT2D eigenvalue weighted by Crippen LogP contribution is -2.42. The molecule has 7 heterocycles. The minimum absolute atomic E-state index is 0.0381. The van der Waals surface area contributed by atoms with Crippen molar-refractivity contribution in [1.29, 1.82) is 0 Å². The van der Waals surface area contributed by atoms with E-state index in [1.165, 1.54) is 18.2 Å². The molecule has 15 nitrogen and oxygen atoms in total. The maximum atomic E-state index is 12.3. The van der Waals surface area contributed by atoms with E-state index in [1.54, 1.807) is 42.0 Å². The van der Waals surface area contributed by atoms with E-state index in [1.807, 2.05) is 12.1 Å². The number of amides is 1. The normalized spacial score (nSPS) is 13.7. The number of aliphatic carboxylic acids is 1. The lowest BCUT2D eigenvalue weighted by Gasteiger charge is -2.17. The van der Waals surface area contributed by atoms with Gasteiger partial charge in [-0.15, -0.1) is 11.3 Å². The second-order valence-electron chi connectivity index (χ2n) is 13.8. The second kappa shape index (κ2) is 21.2. The Morgan fingerprint density at radius 1 is 0.814 bits per heavy atom. The summed E-state index contributed by atoms with van der Waals surface area (Å²) >= 11 is 7.11. The topological polar surface area (TPSA) is 213 Å². The highest BCUT2D eigenvalue weighted by Gasteiger charge is 2.24. The molecule has 1 amide bonds. The van der Waals surface area contributed by atoms with Crippen molar-refractivity contribution in [2.45, 2.75) is 63.5 Å². The second-order valence-corrected chi connectivity index (χ2v) is 15.2. The molecule has 59 heavy (non-hydrogen) atoms. The molecule has 17 heteroatoms. The van der Waals surface area contributed by atoms with E-state index in [0.29, 0.717) is 48.3 Å². The molecule has 310 valence electrons. The van der Waals surface area contributed by atoms with Crippen LogP contribution in [-0.4, -0.2) is 88.4 Å². The number of carbonyl (C=O) groups is 3. The molecule has 7 rings (SSSR count). The van der Waals surface area contributed by atoms with Crippen LogP contribution in [0.4, 0.5) is 11.6 Å². The average Bonchev–Trinajstić information content (AvgIpc) is 3.70. The highest BCUT2D eigenvalue weighted by Crippen LogP contribution is 2.23. The Balaban J connectivity index is 0.000000204. The first kappa shape index (κ1) is 42.8. The lowest BCUT2D eigenvalue weighted by atomic mass is 10.1. The summed E-state index contributed by atoms with van der Waals surface area (Å²) in [5, 5.41) is 20.6. The fourth-order valence-corrected chi connectivity index (χ4v) is 7.39. The highest BCUT2D eigenvalue weighted by molar-refractivity contribution is 7.12. The number of esters is 1. The highest BCUT2D eigenvalue weighted by atomic mass is 35.5. The Morgan fingerprint density at radius 2 is 1.36 bits per heavy atom. The molecule has 0 unspecified atom stereocenters. The zero-order chi connectivity index (χ0) is 41.6. The number of methoxy groups -OCH3 is 1. The van der Waals surface area contributed by atoms with Crippen molar-refractivity contribution in [2.75, 3.05) is 44.0 Å².